The third kappa shape index (κ3) is 1.54. The van der Waals surface area contributed by atoms with Crippen LogP contribution in [-0.2, 0) is 10.2 Å². The predicted octanol–water partition coefficient (Wildman–Crippen LogP) is 3.58. The molecule has 1 saturated carbocycles. The standard InChI is InChI=1S/C18H15NO4/c1-17(2)15(11-7-9-12(10-8-11)19(21)22)18(17)13-5-3-4-6-14(13)23-16(18)20/h3-10,15H,1-2H3/t15-,18-/m1/s1. The molecule has 0 unspecified atom stereocenters. The van der Waals surface area contributed by atoms with Gasteiger partial charge in [-0.2, -0.15) is 0 Å². The Kier molecular flexibility index (Phi) is 2.54. The van der Waals surface area contributed by atoms with Crippen molar-refractivity contribution < 1.29 is 14.5 Å². The van der Waals surface area contributed by atoms with Gasteiger partial charge in [-0.05, 0) is 17.0 Å². The first-order valence-corrected chi connectivity index (χ1v) is 7.47. The molecule has 0 aromatic heterocycles. The maximum Gasteiger partial charge on any atom is 0.323 e. The van der Waals surface area contributed by atoms with Crippen molar-refractivity contribution in [3.8, 4) is 5.75 Å². The van der Waals surface area contributed by atoms with Crippen LogP contribution in [0.1, 0.15) is 30.9 Å². The van der Waals surface area contributed by atoms with Gasteiger partial charge in [0.1, 0.15) is 11.2 Å². The number of benzene rings is 2. The fourth-order valence-electron chi connectivity index (χ4n) is 4.27. The topological polar surface area (TPSA) is 69.4 Å². The van der Waals surface area contributed by atoms with Gasteiger partial charge in [0.15, 0.2) is 0 Å². The van der Waals surface area contributed by atoms with Crippen LogP contribution in [0.2, 0.25) is 0 Å². The molecule has 0 bridgehead atoms. The van der Waals surface area contributed by atoms with E-state index < -0.39 is 10.3 Å². The van der Waals surface area contributed by atoms with Crippen LogP contribution in [0.4, 0.5) is 5.69 Å². The van der Waals surface area contributed by atoms with E-state index in [0.717, 1.165) is 11.1 Å². The summed E-state index contributed by atoms with van der Waals surface area (Å²) in [7, 11) is 0. The number of esters is 1. The molecule has 23 heavy (non-hydrogen) atoms. The first kappa shape index (κ1) is 13.9. The highest BCUT2D eigenvalue weighted by Crippen LogP contribution is 2.77. The third-order valence-corrected chi connectivity index (χ3v) is 5.36. The highest BCUT2D eigenvalue weighted by Gasteiger charge is 2.80. The second-order valence-electron chi connectivity index (χ2n) is 6.70. The van der Waals surface area contributed by atoms with E-state index in [0.29, 0.717) is 5.75 Å². The monoisotopic (exact) mass is 309 g/mol. The van der Waals surface area contributed by atoms with Crippen molar-refractivity contribution in [2.24, 2.45) is 5.41 Å². The average Bonchev–Trinajstić information content (AvgIpc) is 2.89. The smallest absolute Gasteiger partial charge is 0.323 e. The van der Waals surface area contributed by atoms with E-state index >= 15 is 0 Å². The number of nitro groups is 1. The van der Waals surface area contributed by atoms with Gasteiger partial charge >= 0.3 is 5.97 Å². The zero-order valence-electron chi connectivity index (χ0n) is 12.8. The lowest BCUT2D eigenvalue weighted by molar-refractivity contribution is -0.384. The maximum atomic E-state index is 12.7. The fraction of sp³-hybridized carbons (Fsp3) is 0.278. The lowest BCUT2D eigenvalue weighted by Gasteiger charge is -2.09. The number of carbonyl (C=O) groups excluding carboxylic acids is 1. The molecule has 0 amide bonds. The van der Waals surface area contributed by atoms with Crippen LogP contribution in [0, 0.1) is 15.5 Å². The Balaban J connectivity index is 1.83. The molecular weight excluding hydrogens is 294 g/mol. The van der Waals surface area contributed by atoms with Crippen molar-refractivity contribution in [1.82, 2.24) is 0 Å². The van der Waals surface area contributed by atoms with E-state index in [1.807, 2.05) is 38.1 Å². The van der Waals surface area contributed by atoms with Gasteiger partial charge in [0.05, 0.1) is 4.92 Å². The number of hydrogen-bond acceptors (Lipinski definition) is 4. The minimum Gasteiger partial charge on any atom is -0.426 e. The molecule has 0 radical (unpaired) electrons. The molecule has 1 fully saturated rings. The van der Waals surface area contributed by atoms with Gasteiger partial charge < -0.3 is 4.74 Å². The van der Waals surface area contributed by atoms with E-state index in [9.17, 15) is 14.9 Å². The molecule has 1 heterocycles. The van der Waals surface area contributed by atoms with Crippen LogP contribution < -0.4 is 4.74 Å². The van der Waals surface area contributed by atoms with Crippen LogP contribution in [0.3, 0.4) is 0 Å². The fourth-order valence-corrected chi connectivity index (χ4v) is 4.27. The summed E-state index contributed by atoms with van der Waals surface area (Å²) in [6, 6.07) is 14.0. The largest absolute Gasteiger partial charge is 0.426 e. The highest BCUT2D eigenvalue weighted by molar-refractivity contribution is 5.97. The molecule has 2 atom stereocenters. The Bertz CT molecular complexity index is 840. The minimum absolute atomic E-state index is 0.0491. The van der Waals surface area contributed by atoms with Gasteiger partial charge in [-0.3, -0.25) is 14.9 Å². The van der Waals surface area contributed by atoms with Gasteiger partial charge in [0.25, 0.3) is 5.69 Å². The van der Waals surface area contributed by atoms with Gasteiger partial charge in [-0.15, -0.1) is 0 Å². The summed E-state index contributed by atoms with van der Waals surface area (Å²) in [4.78, 5) is 23.1. The highest BCUT2D eigenvalue weighted by atomic mass is 16.6. The summed E-state index contributed by atoms with van der Waals surface area (Å²) < 4.78 is 5.49. The van der Waals surface area contributed by atoms with E-state index in [4.69, 9.17) is 4.74 Å². The average molecular weight is 309 g/mol. The molecular formula is C18H15NO4. The van der Waals surface area contributed by atoms with Crippen LogP contribution in [0.5, 0.6) is 5.75 Å². The van der Waals surface area contributed by atoms with E-state index in [2.05, 4.69) is 0 Å². The van der Waals surface area contributed by atoms with Crippen LogP contribution >= 0.6 is 0 Å². The number of carbonyl (C=O) groups is 1. The summed E-state index contributed by atoms with van der Waals surface area (Å²) in [5, 5.41) is 10.8. The molecule has 0 N–H and O–H groups in total. The van der Waals surface area contributed by atoms with Crippen LogP contribution in [0.15, 0.2) is 48.5 Å². The summed E-state index contributed by atoms with van der Waals surface area (Å²) in [6.07, 6.45) is 0. The predicted molar refractivity (Wildman–Crippen MR) is 83.4 cm³/mol. The minimum atomic E-state index is -0.695. The van der Waals surface area contributed by atoms with E-state index in [1.165, 1.54) is 12.1 Å². The van der Waals surface area contributed by atoms with Gasteiger partial charge in [-0.25, -0.2) is 0 Å². The molecule has 1 spiro atoms. The number of ether oxygens (including phenoxy) is 1. The van der Waals surface area contributed by atoms with Crippen molar-refractivity contribution in [2.75, 3.05) is 0 Å². The number of hydrogen-bond donors (Lipinski definition) is 0. The molecule has 1 aliphatic carbocycles. The van der Waals surface area contributed by atoms with Crippen molar-refractivity contribution in [3.63, 3.8) is 0 Å². The molecule has 2 aromatic rings. The zero-order chi connectivity index (χ0) is 16.4. The van der Waals surface area contributed by atoms with Crippen molar-refractivity contribution >= 4 is 11.7 Å². The molecule has 5 heteroatoms. The lowest BCUT2D eigenvalue weighted by Crippen LogP contribution is -2.24. The molecule has 116 valence electrons. The van der Waals surface area contributed by atoms with Gasteiger partial charge in [0, 0.05) is 23.6 Å². The Labute approximate surface area is 133 Å². The molecule has 2 aliphatic rings. The van der Waals surface area contributed by atoms with Crippen molar-refractivity contribution in [3.05, 3.63) is 69.8 Å². The quantitative estimate of drug-likeness (QED) is 0.368. The van der Waals surface area contributed by atoms with E-state index in [-0.39, 0.29) is 23.0 Å². The molecule has 0 saturated heterocycles. The van der Waals surface area contributed by atoms with Gasteiger partial charge in [0.2, 0.25) is 0 Å². The maximum absolute atomic E-state index is 12.7. The zero-order valence-corrected chi connectivity index (χ0v) is 12.8. The Morgan fingerprint density at radius 1 is 1.09 bits per heavy atom. The molecule has 5 nitrogen and oxygen atoms in total. The number of para-hydroxylation sites is 1. The summed E-state index contributed by atoms with van der Waals surface area (Å²) >= 11 is 0. The van der Waals surface area contributed by atoms with Crippen LogP contribution in [-0.4, -0.2) is 10.9 Å². The third-order valence-electron chi connectivity index (χ3n) is 5.36. The Hall–Kier alpha value is -2.69. The number of rotatable bonds is 2. The SMILES string of the molecule is CC1(C)[C@@H](c2ccc([N+](=O)[O-])cc2)[C@]12C(=O)Oc1ccccc12. The lowest BCUT2D eigenvalue weighted by atomic mass is 9.88. The Morgan fingerprint density at radius 3 is 2.39 bits per heavy atom. The summed E-state index contributed by atoms with van der Waals surface area (Å²) in [5.74, 6) is 0.342. The van der Waals surface area contributed by atoms with Crippen molar-refractivity contribution in [2.45, 2.75) is 25.2 Å². The second-order valence-corrected chi connectivity index (χ2v) is 6.70. The number of fused-ring (bicyclic) bond motifs is 2. The molecule has 1 aliphatic heterocycles. The summed E-state index contributed by atoms with van der Waals surface area (Å²) in [6.45, 7) is 4.09. The Morgan fingerprint density at radius 2 is 1.74 bits per heavy atom. The molecule has 2 aromatic carbocycles. The number of nitro benzene ring substituents is 1. The van der Waals surface area contributed by atoms with Crippen molar-refractivity contribution in [1.29, 1.82) is 0 Å². The van der Waals surface area contributed by atoms with E-state index in [1.54, 1.807) is 12.1 Å². The first-order chi connectivity index (χ1) is 10.9. The van der Waals surface area contributed by atoms with Gasteiger partial charge in [-0.1, -0.05) is 44.2 Å². The first-order valence-electron chi connectivity index (χ1n) is 7.47. The normalized spacial score (nSPS) is 26.7. The number of non-ortho nitro benzene ring substituents is 1. The van der Waals surface area contributed by atoms with Crippen LogP contribution in [0.25, 0.3) is 0 Å². The number of nitrogens with zero attached hydrogens (tertiary/aromatic N) is 1. The molecule has 4 rings (SSSR count). The summed E-state index contributed by atoms with van der Waals surface area (Å²) in [5.41, 5.74) is 0.898. The second kappa shape index (κ2) is 4.19.